The zero-order valence-electron chi connectivity index (χ0n) is 11.5. The molecule has 108 valence electrons. The lowest BCUT2D eigenvalue weighted by Crippen LogP contribution is -2.44. The Morgan fingerprint density at radius 3 is 2.42 bits per heavy atom. The van der Waals surface area contributed by atoms with Crippen LogP contribution in [-0.4, -0.2) is 54.8 Å². The number of esters is 1. The van der Waals surface area contributed by atoms with Gasteiger partial charge in [-0.25, -0.2) is 9.59 Å². The minimum atomic E-state index is -0.787. The Morgan fingerprint density at radius 1 is 1.32 bits per heavy atom. The molecule has 0 bridgehead atoms. The molecule has 1 saturated heterocycles. The van der Waals surface area contributed by atoms with Crippen LogP contribution in [0, 0.1) is 0 Å². The lowest BCUT2D eigenvalue weighted by Gasteiger charge is -2.27. The van der Waals surface area contributed by atoms with E-state index < -0.39 is 29.8 Å². The van der Waals surface area contributed by atoms with Crippen LogP contribution in [0.1, 0.15) is 27.2 Å². The highest BCUT2D eigenvalue weighted by molar-refractivity contribution is 5.82. The summed E-state index contributed by atoms with van der Waals surface area (Å²) in [5.74, 6) is -0.553. The van der Waals surface area contributed by atoms with Crippen LogP contribution in [0.25, 0.3) is 0 Å². The predicted molar refractivity (Wildman–Crippen MR) is 64.3 cm³/mol. The zero-order valence-corrected chi connectivity index (χ0v) is 11.5. The summed E-state index contributed by atoms with van der Waals surface area (Å²) in [5.41, 5.74) is -0.665. The molecule has 2 atom stereocenters. The second-order valence-corrected chi connectivity index (χ2v) is 5.26. The van der Waals surface area contributed by atoms with Crippen LogP contribution >= 0.6 is 0 Å². The van der Waals surface area contributed by atoms with Gasteiger partial charge < -0.3 is 14.2 Å². The van der Waals surface area contributed by atoms with Crippen molar-refractivity contribution >= 4 is 18.5 Å². The van der Waals surface area contributed by atoms with Gasteiger partial charge in [0.25, 0.3) is 6.47 Å². The number of carbonyl (C=O) groups excluding carboxylic acids is 3. The van der Waals surface area contributed by atoms with E-state index in [1.165, 1.54) is 12.0 Å². The van der Waals surface area contributed by atoms with E-state index in [0.29, 0.717) is 6.47 Å². The SMILES string of the molecule is COC(=O)[C@H]1C[C@H](OC=O)CN1C(=O)OC(C)(C)C. The van der Waals surface area contributed by atoms with Gasteiger partial charge in [-0.3, -0.25) is 9.69 Å². The molecule has 1 fully saturated rings. The van der Waals surface area contributed by atoms with Crippen molar-refractivity contribution in [2.24, 2.45) is 0 Å². The largest absolute Gasteiger partial charge is 0.467 e. The van der Waals surface area contributed by atoms with Crippen molar-refractivity contribution in [1.29, 1.82) is 0 Å². The Balaban J connectivity index is 2.79. The second-order valence-electron chi connectivity index (χ2n) is 5.26. The molecule has 0 aromatic rings. The summed E-state index contributed by atoms with van der Waals surface area (Å²) < 4.78 is 14.6. The molecule has 1 amide bonds. The molecule has 0 N–H and O–H groups in total. The maximum atomic E-state index is 12.0. The summed E-state index contributed by atoms with van der Waals surface area (Å²) >= 11 is 0. The molecular weight excluding hydrogens is 254 g/mol. The smallest absolute Gasteiger partial charge is 0.411 e. The molecule has 0 aromatic carbocycles. The van der Waals surface area contributed by atoms with E-state index in [9.17, 15) is 14.4 Å². The molecular formula is C12H19NO6. The predicted octanol–water partition coefficient (Wildman–Crippen LogP) is 0.710. The Morgan fingerprint density at radius 2 is 1.95 bits per heavy atom. The summed E-state index contributed by atoms with van der Waals surface area (Å²) in [4.78, 5) is 35.2. The van der Waals surface area contributed by atoms with Crippen LogP contribution in [-0.2, 0) is 23.8 Å². The molecule has 0 radical (unpaired) electrons. The average molecular weight is 273 g/mol. The van der Waals surface area contributed by atoms with Gasteiger partial charge in [0.15, 0.2) is 0 Å². The summed E-state index contributed by atoms with van der Waals surface area (Å²) in [6, 6.07) is -0.787. The molecule has 1 aliphatic heterocycles. The van der Waals surface area contributed by atoms with Crippen LogP contribution in [0.4, 0.5) is 4.79 Å². The van der Waals surface area contributed by atoms with Crippen molar-refractivity contribution in [1.82, 2.24) is 4.90 Å². The minimum absolute atomic E-state index is 0.118. The lowest BCUT2D eigenvalue weighted by atomic mass is 10.2. The van der Waals surface area contributed by atoms with Gasteiger partial charge in [0.2, 0.25) is 0 Å². The molecule has 0 unspecified atom stereocenters. The van der Waals surface area contributed by atoms with E-state index in [1.54, 1.807) is 20.8 Å². The second kappa shape index (κ2) is 5.90. The van der Waals surface area contributed by atoms with Crippen molar-refractivity contribution in [3.05, 3.63) is 0 Å². The van der Waals surface area contributed by atoms with Crippen molar-refractivity contribution in [3.63, 3.8) is 0 Å². The van der Waals surface area contributed by atoms with Gasteiger partial charge in [-0.1, -0.05) is 0 Å². The van der Waals surface area contributed by atoms with E-state index in [0.717, 1.165) is 0 Å². The monoisotopic (exact) mass is 273 g/mol. The quantitative estimate of drug-likeness (QED) is 0.428. The number of ether oxygens (including phenoxy) is 3. The van der Waals surface area contributed by atoms with E-state index in [-0.39, 0.29) is 13.0 Å². The normalized spacial score (nSPS) is 22.8. The van der Waals surface area contributed by atoms with Crippen LogP contribution in [0.2, 0.25) is 0 Å². The number of hydrogen-bond donors (Lipinski definition) is 0. The topological polar surface area (TPSA) is 82.1 Å². The Kier molecular flexibility index (Phi) is 4.74. The van der Waals surface area contributed by atoms with Crippen molar-refractivity contribution < 1.29 is 28.6 Å². The van der Waals surface area contributed by atoms with Crippen LogP contribution in [0.15, 0.2) is 0 Å². The van der Waals surface area contributed by atoms with Crippen molar-refractivity contribution in [2.75, 3.05) is 13.7 Å². The Hall–Kier alpha value is -1.79. The fraction of sp³-hybridized carbons (Fsp3) is 0.750. The molecule has 0 aliphatic carbocycles. The van der Waals surface area contributed by atoms with Crippen molar-refractivity contribution in [2.45, 2.75) is 44.9 Å². The third kappa shape index (κ3) is 4.11. The number of hydrogen-bond acceptors (Lipinski definition) is 6. The molecule has 1 aliphatic rings. The highest BCUT2D eigenvalue weighted by Gasteiger charge is 2.43. The fourth-order valence-electron chi connectivity index (χ4n) is 1.86. The minimum Gasteiger partial charge on any atom is -0.467 e. The molecule has 1 heterocycles. The third-order valence-electron chi connectivity index (χ3n) is 2.61. The van der Waals surface area contributed by atoms with E-state index in [4.69, 9.17) is 9.47 Å². The highest BCUT2D eigenvalue weighted by Crippen LogP contribution is 2.23. The van der Waals surface area contributed by atoms with Crippen LogP contribution in [0.5, 0.6) is 0 Å². The molecule has 7 nitrogen and oxygen atoms in total. The van der Waals surface area contributed by atoms with Gasteiger partial charge in [0, 0.05) is 6.42 Å². The van der Waals surface area contributed by atoms with Gasteiger partial charge in [-0.15, -0.1) is 0 Å². The molecule has 0 spiro atoms. The van der Waals surface area contributed by atoms with Crippen LogP contribution < -0.4 is 0 Å². The number of rotatable bonds is 3. The number of carbonyl (C=O) groups is 3. The van der Waals surface area contributed by atoms with Gasteiger partial charge in [0.05, 0.1) is 13.7 Å². The molecule has 0 aromatic heterocycles. The first kappa shape index (κ1) is 15.3. The average Bonchev–Trinajstić information content (AvgIpc) is 2.70. The number of amides is 1. The first-order valence-electron chi connectivity index (χ1n) is 5.95. The number of likely N-dealkylation sites (tertiary alicyclic amines) is 1. The molecule has 1 rings (SSSR count). The highest BCUT2D eigenvalue weighted by atomic mass is 16.6. The maximum Gasteiger partial charge on any atom is 0.411 e. The van der Waals surface area contributed by atoms with Gasteiger partial charge in [-0.05, 0) is 20.8 Å². The zero-order chi connectivity index (χ0) is 14.6. The van der Waals surface area contributed by atoms with E-state index in [2.05, 4.69) is 4.74 Å². The number of nitrogens with zero attached hydrogens (tertiary/aromatic N) is 1. The van der Waals surface area contributed by atoms with Gasteiger partial charge >= 0.3 is 12.1 Å². The first-order valence-corrected chi connectivity index (χ1v) is 5.95. The van der Waals surface area contributed by atoms with Crippen molar-refractivity contribution in [3.8, 4) is 0 Å². The standard InChI is InChI=1S/C12H19NO6/c1-12(2,3)19-11(16)13-6-8(18-7-14)5-9(13)10(15)17-4/h7-9H,5-6H2,1-4H3/t8-,9+/m0/s1. The van der Waals surface area contributed by atoms with E-state index in [1.807, 2.05) is 0 Å². The van der Waals surface area contributed by atoms with Crippen LogP contribution in [0.3, 0.4) is 0 Å². The summed E-state index contributed by atoms with van der Waals surface area (Å²) in [6.07, 6.45) is -0.931. The lowest BCUT2D eigenvalue weighted by molar-refractivity contribution is -0.146. The van der Waals surface area contributed by atoms with Gasteiger partial charge in [0.1, 0.15) is 17.7 Å². The summed E-state index contributed by atoms with van der Waals surface area (Å²) in [6.45, 7) is 5.61. The Bertz CT molecular complexity index is 362. The maximum absolute atomic E-state index is 12.0. The van der Waals surface area contributed by atoms with E-state index >= 15 is 0 Å². The van der Waals surface area contributed by atoms with Gasteiger partial charge in [-0.2, -0.15) is 0 Å². The first-order chi connectivity index (χ1) is 8.78. The molecule has 7 heteroatoms. The Labute approximate surface area is 111 Å². The molecule has 0 saturated carbocycles. The summed E-state index contributed by atoms with van der Waals surface area (Å²) in [5, 5.41) is 0. The summed E-state index contributed by atoms with van der Waals surface area (Å²) in [7, 11) is 1.24. The number of methoxy groups -OCH3 is 1. The molecule has 19 heavy (non-hydrogen) atoms. The third-order valence-corrected chi connectivity index (χ3v) is 2.61. The fourth-order valence-corrected chi connectivity index (χ4v) is 1.86.